The van der Waals surface area contributed by atoms with E-state index in [1.54, 1.807) is 6.07 Å². The molecule has 1 aliphatic heterocycles. The molecule has 2 amide bonds. The molecule has 1 heterocycles. The lowest BCUT2D eigenvalue weighted by Gasteiger charge is -2.18. The van der Waals surface area contributed by atoms with Gasteiger partial charge >= 0.3 is 12.0 Å². The van der Waals surface area contributed by atoms with Gasteiger partial charge < -0.3 is 20.5 Å². The predicted molar refractivity (Wildman–Crippen MR) is 74.1 cm³/mol. The largest absolute Gasteiger partial charge is 0.493 e. The summed E-state index contributed by atoms with van der Waals surface area (Å²) in [5.41, 5.74) is 1.81. The summed E-state index contributed by atoms with van der Waals surface area (Å²) in [4.78, 5) is 22.0. The van der Waals surface area contributed by atoms with Crippen LogP contribution in [0.5, 0.6) is 5.75 Å². The van der Waals surface area contributed by atoms with Crippen LogP contribution in [-0.2, 0) is 11.2 Å². The number of rotatable bonds is 5. The zero-order chi connectivity index (χ0) is 14.4. The van der Waals surface area contributed by atoms with Crippen LogP contribution in [0.4, 0.5) is 10.5 Å². The molecule has 0 saturated heterocycles. The third kappa shape index (κ3) is 4.15. The number of hydrogen-bond donors (Lipinski definition) is 3. The minimum absolute atomic E-state index is 0.0520. The highest BCUT2D eigenvalue weighted by Crippen LogP contribution is 2.27. The number of fused-ring (bicyclic) bond motifs is 1. The number of carboxylic acids is 1. The van der Waals surface area contributed by atoms with Gasteiger partial charge in [-0.05, 0) is 43.0 Å². The van der Waals surface area contributed by atoms with Gasteiger partial charge in [-0.25, -0.2) is 4.79 Å². The maximum absolute atomic E-state index is 11.6. The fourth-order valence-corrected chi connectivity index (χ4v) is 2.05. The highest BCUT2D eigenvalue weighted by atomic mass is 16.5. The molecule has 20 heavy (non-hydrogen) atoms. The van der Waals surface area contributed by atoms with Gasteiger partial charge in [0, 0.05) is 18.7 Å². The number of carbonyl (C=O) groups excluding carboxylic acids is 1. The molecule has 108 valence electrons. The monoisotopic (exact) mass is 278 g/mol. The first-order valence-corrected chi connectivity index (χ1v) is 6.67. The number of amides is 2. The van der Waals surface area contributed by atoms with Crippen LogP contribution in [0.2, 0.25) is 0 Å². The second-order valence-electron chi connectivity index (χ2n) is 4.65. The predicted octanol–water partition coefficient (Wildman–Crippen LogP) is 2.00. The molecule has 1 aliphatic rings. The summed E-state index contributed by atoms with van der Waals surface area (Å²) in [6.07, 6.45) is 2.40. The molecule has 1 aromatic rings. The Kier molecular flexibility index (Phi) is 4.81. The van der Waals surface area contributed by atoms with Crippen molar-refractivity contribution in [3.8, 4) is 5.75 Å². The SMILES string of the molecule is O=C(O)CCCNC(=O)Nc1ccc2c(c1)CCCO2. The van der Waals surface area contributed by atoms with Gasteiger partial charge in [0.05, 0.1) is 6.61 Å². The molecule has 3 N–H and O–H groups in total. The lowest BCUT2D eigenvalue weighted by Crippen LogP contribution is -2.29. The number of anilines is 1. The first-order chi connectivity index (χ1) is 9.65. The summed E-state index contributed by atoms with van der Waals surface area (Å²) in [7, 11) is 0. The normalized spacial score (nSPS) is 13.0. The number of aliphatic carboxylic acids is 1. The summed E-state index contributed by atoms with van der Waals surface area (Å²) in [6.45, 7) is 1.08. The Labute approximate surface area is 117 Å². The van der Waals surface area contributed by atoms with Crippen LogP contribution in [0, 0.1) is 0 Å². The number of hydrogen-bond acceptors (Lipinski definition) is 3. The maximum Gasteiger partial charge on any atom is 0.319 e. The zero-order valence-corrected chi connectivity index (χ0v) is 11.1. The molecule has 1 aromatic carbocycles. The molecule has 0 fully saturated rings. The summed E-state index contributed by atoms with van der Waals surface area (Å²) < 4.78 is 5.50. The van der Waals surface area contributed by atoms with Crippen LogP contribution in [0.25, 0.3) is 0 Å². The van der Waals surface area contributed by atoms with Crippen molar-refractivity contribution in [3.05, 3.63) is 23.8 Å². The van der Waals surface area contributed by atoms with Crippen LogP contribution >= 0.6 is 0 Å². The number of carbonyl (C=O) groups is 2. The van der Waals surface area contributed by atoms with Gasteiger partial charge in [0.15, 0.2) is 0 Å². The van der Waals surface area contributed by atoms with Crippen molar-refractivity contribution >= 4 is 17.7 Å². The topological polar surface area (TPSA) is 87.7 Å². The van der Waals surface area contributed by atoms with Crippen molar-refractivity contribution in [2.45, 2.75) is 25.7 Å². The summed E-state index contributed by atoms with van der Waals surface area (Å²) in [6, 6.07) is 5.23. The molecule has 0 aliphatic carbocycles. The standard InChI is InChI=1S/C14H18N2O4/c17-13(18)4-1-7-15-14(19)16-11-5-6-12-10(9-11)3-2-8-20-12/h5-6,9H,1-4,7-8H2,(H,17,18)(H2,15,16,19). The van der Waals surface area contributed by atoms with Crippen LogP contribution < -0.4 is 15.4 Å². The van der Waals surface area contributed by atoms with E-state index in [0.717, 1.165) is 30.8 Å². The van der Waals surface area contributed by atoms with E-state index in [4.69, 9.17) is 9.84 Å². The van der Waals surface area contributed by atoms with Crippen LogP contribution in [0.15, 0.2) is 18.2 Å². The Bertz CT molecular complexity index is 502. The number of carboxylic acid groups (broad SMARTS) is 1. The molecule has 0 radical (unpaired) electrons. The third-order valence-corrected chi connectivity index (χ3v) is 3.02. The van der Waals surface area contributed by atoms with E-state index in [1.807, 2.05) is 12.1 Å². The molecule has 0 atom stereocenters. The lowest BCUT2D eigenvalue weighted by atomic mass is 10.1. The average Bonchev–Trinajstić information content (AvgIpc) is 2.43. The van der Waals surface area contributed by atoms with Gasteiger partial charge in [-0.3, -0.25) is 4.79 Å². The van der Waals surface area contributed by atoms with Crippen molar-refractivity contribution in [2.24, 2.45) is 0 Å². The van der Waals surface area contributed by atoms with Crippen molar-refractivity contribution in [1.82, 2.24) is 5.32 Å². The highest BCUT2D eigenvalue weighted by molar-refractivity contribution is 5.89. The molecule has 2 rings (SSSR count). The Morgan fingerprint density at radius 3 is 3.00 bits per heavy atom. The Morgan fingerprint density at radius 1 is 1.35 bits per heavy atom. The van der Waals surface area contributed by atoms with Crippen molar-refractivity contribution < 1.29 is 19.4 Å². The second kappa shape index (κ2) is 6.79. The average molecular weight is 278 g/mol. The Hall–Kier alpha value is -2.24. The van der Waals surface area contributed by atoms with E-state index in [-0.39, 0.29) is 12.5 Å². The van der Waals surface area contributed by atoms with Crippen LogP contribution in [0.3, 0.4) is 0 Å². The second-order valence-corrected chi connectivity index (χ2v) is 4.65. The summed E-state index contributed by atoms with van der Waals surface area (Å²) >= 11 is 0. The van der Waals surface area contributed by atoms with E-state index in [1.165, 1.54) is 0 Å². The quantitative estimate of drug-likeness (QED) is 0.719. The first-order valence-electron chi connectivity index (χ1n) is 6.67. The molecule has 6 nitrogen and oxygen atoms in total. The minimum Gasteiger partial charge on any atom is -0.493 e. The van der Waals surface area contributed by atoms with Gasteiger partial charge in [0.25, 0.3) is 0 Å². The van der Waals surface area contributed by atoms with E-state index in [0.29, 0.717) is 18.7 Å². The number of aryl methyl sites for hydroxylation is 1. The van der Waals surface area contributed by atoms with Crippen LogP contribution in [0.1, 0.15) is 24.8 Å². The maximum atomic E-state index is 11.6. The summed E-state index contributed by atoms with van der Waals surface area (Å²) in [5, 5.41) is 13.8. The van der Waals surface area contributed by atoms with Gasteiger partial charge in [-0.2, -0.15) is 0 Å². The van der Waals surface area contributed by atoms with Gasteiger partial charge in [0.1, 0.15) is 5.75 Å². The van der Waals surface area contributed by atoms with Gasteiger partial charge in [-0.1, -0.05) is 0 Å². The van der Waals surface area contributed by atoms with Gasteiger partial charge in [0.2, 0.25) is 0 Å². The number of urea groups is 1. The molecule has 0 saturated carbocycles. The number of ether oxygens (including phenoxy) is 1. The third-order valence-electron chi connectivity index (χ3n) is 3.02. The van der Waals surface area contributed by atoms with E-state index >= 15 is 0 Å². The fourth-order valence-electron chi connectivity index (χ4n) is 2.05. The Morgan fingerprint density at radius 2 is 2.20 bits per heavy atom. The molecule has 6 heteroatoms. The molecule has 0 aromatic heterocycles. The smallest absolute Gasteiger partial charge is 0.319 e. The minimum atomic E-state index is -0.859. The number of nitrogens with one attached hydrogen (secondary N) is 2. The molecule has 0 spiro atoms. The number of benzene rings is 1. The van der Waals surface area contributed by atoms with Crippen molar-refractivity contribution in [3.63, 3.8) is 0 Å². The van der Waals surface area contributed by atoms with Crippen molar-refractivity contribution in [1.29, 1.82) is 0 Å². The highest BCUT2D eigenvalue weighted by Gasteiger charge is 2.11. The van der Waals surface area contributed by atoms with Gasteiger partial charge in [-0.15, -0.1) is 0 Å². The van der Waals surface area contributed by atoms with Crippen LogP contribution in [-0.4, -0.2) is 30.3 Å². The molecule has 0 unspecified atom stereocenters. The summed E-state index contributed by atoms with van der Waals surface area (Å²) in [5.74, 6) is 0.0190. The molecule has 0 bridgehead atoms. The molecular weight excluding hydrogens is 260 g/mol. The lowest BCUT2D eigenvalue weighted by molar-refractivity contribution is -0.137. The van der Waals surface area contributed by atoms with E-state index in [2.05, 4.69) is 10.6 Å². The van der Waals surface area contributed by atoms with E-state index < -0.39 is 5.97 Å². The van der Waals surface area contributed by atoms with Crippen molar-refractivity contribution in [2.75, 3.05) is 18.5 Å². The fraction of sp³-hybridized carbons (Fsp3) is 0.429. The Balaban J connectivity index is 1.80. The zero-order valence-electron chi connectivity index (χ0n) is 11.1. The first kappa shape index (κ1) is 14.2. The van der Waals surface area contributed by atoms with E-state index in [9.17, 15) is 9.59 Å². The molecular formula is C14H18N2O4.